The van der Waals surface area contributed by atoms with Gasteiger partial charge in [0.05, 0.1) is 4.90 Å². The molecule has 262 valence electrons. The summed E-state index contributed by atoms with van der Waals surface area (Å²) in [6.45, 7) is 8.32. The monoisotopic (exact) mass is 675 g/mol. The Labute approximate surface area is 279 Å². The molecule has 0 radical (unpaired) electrons. The minimum Gasteiger partial charge on any atom is -0.343 e. The number of amides is 1. The first-order valence-corrected chi connectivity index (χ1v) is 19.4. The number of hydrogen-bond acceptors (Lipinski definition) is 9. The second-order valence-electron chi connectivity index (χ2n) is 15.7. The third kappa shape index (κ3) is 7.31. The number of piperidine rings is 1. The Balaban J connectivity index is 0.000000273. The first kappa shape index (κ1) is 33.8. The minimum absolute atomic E-state index is 0.0666. The van der Waals surface area contributed by atoms with Crippen LogP contribution in [0.2, 0.25) is 0 Å². The molecule has 5 aliphatic carbocycles. The predicted octanol–water partition coefficient (Wildman–Crippen LogP) is 4.81. The third-order valence-electron chi connectivity index (χ3n) is 12.4. The molecule has 1 N–H and O–H groups in total. The molecule has 8 fully saturated rings. The number of rotatable bonds is 4. The highest BCUT2D eigenvalue weighted by Crippen LogP contribution is 2.62. The van der Waals surface area contributed by atoms with E-state index in [0.29, 0.717) is 36.1 Å². The molecule has 1 aromatic rings. The first-order valence-electron chi connectivity index (χ1n) is 18.0. The van der Waals surface area contributed by atoms with Gasteiger partial charge in [-0.05, 0) is 102 Å². The summed E-state index contributed by atoms with van der Waals surface area (Å²) in [7, 11) is -1.81. The van der Waals surface area contributed by atoms with Crippen LogP contribution in [0.1, 0.15) is 82.6 Å². The normalized spacial score (nSPS) is 38.0. The summed E-state index contributed by atoms with van der Waals surface area (Å²) in [6.07, 6.45) is 12.3. The number of carbonyl (C=O) groups excluding carboxylic acids is 1. The number of carbonyl (C=O) groups is 1. The number of nitrogens with zero attached hydrogens (tertiary/aromatic N) is 3. The maximum atomic E-state index is 13.1. The van der Waals surface area contributed by atoms with Gasteiger partial charge in [0.15, 0.2) is 0 Å². The highest BCUT2D eigenvalue weighted by Gasteiger charge is 2.64. The lowest BCUT2D eigenvalue weighted by Crippen LogP contribution is -2.64. The number of hydrogen-bond donors (Lipinski definition) is 1. The quantitative estimate of drug-likeness (QED) is 0.352. The zero-order chi connectivity index (χ0) is 32.8. The van der Waals surface area contributed by atoms with Crippen LogP contribution in [0.5, 0.6) is 0 Å². The average Bonchev–Trinajstić information content (AvgIpc) is 3.06. The zero-order valence-electron chi connectivity index (χ0n) is 28.1. The van der Waals surface area contributed by atoms with Crippen LogP contribution in [-0.4, -0.2) is 97.5 Å². The Morgan fingerprint density at radius 3 is 1.89 bits per heavy atom. The predicted molar refractivity (Wildman–Crippen MR) is 173 cm³/mol. The molecule has 5 saturated carbocycles. The smallest absolute Gasteiger partial charge is 0.294 e. The van der Waals surface area contributed by atoms with Crippen molar-refractivity contribution < 1.29 is 37.3 Å². The van der Waals surface area contributed by atoms with Crippen molar-refractivity contribution >= 4 is 16.0 Å². The van der Waals surface area contributed by atoms with E-state index in [-0.39, 0.29) is 4.90 Å². The number of likely N-dealkylation sites (tertiary alicyclic amines) is 1. The molecule has 9 rings (SSSR count). The van der Waals surface area contributed by atoms with Crippen molar-refractivity contribution in [1.82, 2.24) is 14.7 Å². The van der Waals surface area contributed by atoms with Gasteiger partial charge in [-0.1, -0.05) is 17.7 Å². The van der Waals surface area contributed by atoms with Crippen LogP contribution in [0.25, 0.3) is 0 Å². The lowest BCUT2D eigenvalue weighted by Gasteiger charge is -2.60. The SMILES string of the molecule is CN1CCN(C2CCN(C(=O)CC3CCC4(CC3)OOC3(OO4)C4CC5CC(C4)CC3C5)CC2)CC1.Cc1ccc(S(=O)(=O)O)cc1. The van der Waals surface area contributed by atoms with Crippen molar-refractivity contribution in [3.63, 3.8) is 0 Å². The van der Waals surface area contributed by atoms with Crippen molar-refractivity contribution in [3.8, 4) is 0 Å². The van der Waals surface area contributed by atoms with Crippen molar-refractivity contribution in [2.45, 2.75) is 106 Å². The molecule has 12 heteroatoms. The van der Waals surface area contributed by atoms with Crippen molar-refractivity contribution in [2.75, 3.05) is 46.3 Å². The summed E-state index contributed by atoms with van der Waals surface area (Å²) in [6, 6.07) is 6.64. The molecule has 3 aliphatic heterocycles. The first-order chi connectivity index (χ1) is 22.5. The topological polar surface area (TPSA) is 118 Å². The second-order valence-corrected chi connectivity index (χ2v) is 17.1. The van der Waals surface area contributed by atoms with Gasteiger partial charge in [-0.25, -0.2) is 0 Å². The number of piperazine rings is 1. The van der Waals surface area contributed by atoms with Crippen molar-refractivity contribution in [2.24, 2.45) is 29.6 Å². The largest absolute Gasteiger partial charge is 0.343 e. The molecule has 3 heterocycles. The molecule has 8 aliphatic rings. The van der Waals surface area contributed by atoms with Gasteiger partial charge in [0.1, 0.15) is 0 Å². The molecule has 4 bridgehead atoms. The summed E-state index contributed by atoms with van der Waals surface area (Å²) in [5.41, 5.74) is 0.956. The summed E-state index contributed by atoms with van der Waals surface area (Å²) >= 11 is 0. The Bertz CT molecular complexity index is 1310. The number of benzene rings is 1. The molecule has 0 aromatic heterocycles. The molecular formula is C35H53N3O8S. The van der Waals surface area contributed by atoms with Crippen LogP contribution >= 0.6 is 0 Å². The molecule has 1 aromatic carbocycles. The molecule has 3 saturated heterocycles. The third-order valence-corrected chi connectivity index (χ3v) is 13.3. The van der Waals surface area contributed by atoms with Gasteiger partial charge in [-0.2, -0.15) is 28.0 Å². The highest BCUT2D eigenvalue weighted by molar-refractivity contribution is 7.85. The van der Waals surface area contributed by atoms with E-state index < -0.39 is 21.7 Å². The van der Waals surface area contributed by atoms with Gasteiger partial charge in [0.2, 0.25) is 17.5 Å². The molecule has 2 spiro atoms. The number of aryl methyl sites for hydroxylation is 1. The minimum atomic E-state index is -4.02. The summed E-state index contributed by atoms with van der Waals surface area (Å²) in [5.74, 6) is 1.74. The van der Waals surface area contributed by atoms with Crippen LogP contribution in [0.15, 0.2) is 29.2 Å². The summed E-state index contributed by atoms with van der Waals surface area (Å²) in [4.78, 5) is 44.7. The lowest BCUT2D eigenvalue weighted by atomic mass is 9.53. The van der Waals surface area contributed by atoms with Gasteiger partial charge in [-0.3, -0.25) is 14.2 Å². The van der Waals surface area contributed by atoms with Gasteiger partial charge in [0, 0.05) is 76.4 Å². The Kier molecular flexibility index (Phi) is 9.78. The van der Waals surface area contributed by atoms with Gasteiger partial charge >= 0.3 is 0 Å². The van der Waals surface area contributed by atoms with E-state index in [1.807, 2.05) is 6.92 Å². The maximum Gasteiger partial charge on any atom is 0.294 e. The van der Waals surface area contributed by atoms with E-state index in [1.54, 1.807) is 12.1 Å². The van der Waals surface area contributed by atoms with E-state index in [4.69, 9.17) is 24.1 Å². The summed E-state index contributed by atoms with van der Waals surface area (Å²) < 4.78 is 29.6. The van der Waals surface area contributed by atoms with Crippen LogP contribution in [0.4, 0.5) is 0 Å². The average molecular weight is 676 g/mol. The van der Waals surface area contributed by atoms with Gasteiger partial charge in [0.25, 0.3) is 10.1 Å². The molecule has 47 heavy (non-hydrogen) atoms. The van der Waals surface area contributed by atoms with Crippen LogP contribution < -0.4 is 0 Å². The van der Waals surface area contributed by atoms with E-state index in [9.17, 15) is 13.2 Å². The lowest BCUT2D eigenvalue weighted by molar-refractivity contribution is -0.680. The molecular weight excluding hydrogens is 622 g/mol. The van der Waals surface area contributed by atoms with Crippen LogP contribution in [0, 0.1) is 36.5 Å². The van der Waals surface area contributed by atoms with Crippen LogP contribution in [-0.2, 0) is 34.5 Å². The highest BCUT2D eigenvalue weighted by atomic mass is 32.2. The van der Waals surface area contributed by atoms with Gasteiger partial charge in [-0.15, -0.1) is 0 Å². The number of likely N-dealkylation sites (N-methyl/N-ethyl adjacent to an activating group) is 1. The zero-order valence-corrected chi connectivity index (χ0v) is 28.9. The fourth-order valence-corrected chi connectivity index (χ4v) is 10.1. The molecule has 0 atom stereocenters. The fraction of sp³-hybridized carbons (Fsp3) is 0.800. The van der Waals surface area contributed by atoms with E-state index >= 15 is 0 Å². The molecule has 1 amide bonds. The van der Waals surface area contributed by atoms with E-state index in [1.165, 1.54) is 57.3 Å². The van der Waals surface area contributed by atoms with Crippen molar-refractivity contribution in [1.29, 1.82) is 0 Å². The second kappa shape index (κ2) is 13.6. The Hall–Kier alpha value is -1.64. The van der Waals surface area contributed by atoms with Gasteiger partial charge < -0.3 is 9.80 Å². The molecule has 0 unspecified atom stereocenters. The standard InChI is InChI=1S/C28H45N3O5.C7H8O3S/c1-29-10-12-30(13-11-29)25-4-8-31(9-5-25)26(32)19-20-2-6-27(7-3-20)33-35-28(36-34-27)23-15-21-14-22(17-23)18-24(28)16-21;1-6-2-4-7(5-3-6)11(8,9)10/h20-25H,2-19H2,1H3;2-5H,1H3,(H,8,9,10). The Morgan fingerprint density at radius 2 is 1.36 bits per heavy atom. The maximum absolute atomic E-state index is 13.1. The Morgan fingerprint density at radius 1 is 0.809 bits per heavy atom. The van der Waals surface area contributed by atoms with E-state index in [0.717, 1.165) is 82.1 Å². The molecule has 11 nitrogen and oxygen atoms in total. The van der Waals surface area contributed by atoms with Crippen LogP contribution in [0.3, 0.4) is 0 Å². The summed E-state index contributed by atoms with van der Waals surface area (Å²) in [5, 5.41) is 0. The fourth-order valence-electron chi connectivity index (χ4n) is 9.67. The van der Waals surface area contributed by atoms with Crippen molar-refractivity contribution in [3.05, 3.63) is 29.8 Å². The van der Waals surface area contributed by atoms with E-state index in [2.05, 4.69) is 21.7 Å².